The number of aromatic nitrogens is 4. The molecule has 0 fully saturated rings. The lowest BCUT2D eigenvalue weighted by molar-refractivity contribution is 0.101. The summed E-state index contributed by atoms with van der Waals surface area (Å²) in [7, 11) is 0. The van der Waals surface area contributed by atoms with Gasteiger partial charge in [-0.25, -0.2) is 9.67 Å². The monoisotopic (exact) mass is 254 g/mol. The van der Waals surface area contributed by atoms with Gasteiger partial charge in [-0.1, -0.05) is 12.1 Å². The first-order valence-electron chi connectivity index (χ1n) is 6.10. The number of Topliss-reactive ketones (excluding diaryl/α,β-unsaturated/α-hetero) is 1. The Bertz CT molecular complexity index is 749. The number of aromatic amines is 1. The highest BCUT2D eigenvalue weighted by Gasteiger charge is 2.17. The molecule has 0 radical (unpaired) electrons. The van der Waals surface area contributed by atoms with Crippen molar-refractivity contribution in [3.05, 3.63) is 41.2 Å². The number of hydrogen-bond acceptors (Lipinski definition) is 3. The van der Waals surface area contributed by atoms with E-state index in [1.54, 1.807) is 11.6 Å². The smallest absolute Gasteiger partial charge is 0.229 e. The predicted octanol–water partition coefficient (Wildman–Crippen LogP) is 2.57. The van der Waals surface area contributed by atoms with Crippen LogP contribution in [-0.2, 0) is 0 Å². The van der Waals surface area contributed by atoms with Gasteiger partial charge in [-0.2, -0.15) is 5.10 Å². The van der Waals surface area contributed by atoms with Crippen molar-refractivity contribution in [3.63, 3.8) is 0 Å². The first kappa shape index (κ1) is 11.6. The third-order valence-electron chi connectivity index (χ3n) is 3.22. The van der Waals surface area contributed by atoms with Crippen molar-refractivity contribution in [2.45, 2.75) is 20.8 Å². The SMILES string of the molecule is CC(=O)c1c(C)nn(-c2nc3ccccc3[nH]2)c1C. The van der Waals surface area contributed by atoms with Crippen LogP contribution in [0.1, 0.15) is 28.7 Å². The molecule has 0 aliphatic carbocycles. The first-order valence-corrected chi connectivity index (χ1v) is 6.10. The van der Waals surface area contributed by atoms with Gasteiger partial charge in [0.15, 0.2) is 5.78 Å². The lowest BCUT2D eigenvalue weighted by atomic mass is 10.1. The van der Waals surface area contributed by atoms with Gasteiger partial charge >= 0.3 is 0 Å². The molecule has 5 nitrogen and oxygen atoms in total. The van der Waals surface area contributed by atoms with Gasteiger partial charge in [0.1, 0.15) is 0 Å². The van der Waals surface area contributed by atoms with Crippen molar-refractivity contribution in [1.82, 2.24) is 19.7 Å². The molecule has 1 N–H and O–H groups in total. The number of hydrogen-bond donors (Lipinski definition) is 1. The minimum absolute atomic E-state index is 0.0253. The average Bonchev–Trinajstić information content (AvgIpc) is 2.89. The van der Waals surface area contributed by atoms with E-state index in [1.165, 1.54) is 0 Å². The maximum atomic E-state index is 11.6. The summed E-state index contributed by atoms with van der Waals surface area (Å²) in [4.78, 5) is 19.3. The zero-order valence-electron chi connectivity index (χ0n) is 11.1. The van der Waals surface area contributed by atoms with Crippen molar-refractivity contribution >= 4 is 16.8 Å². The number of benzene rings is 1. The molecule has 3 rings (SSSR count). The fourth-order valence-corrected chi connectivity index (χ4v) is 2.40. The lowest BCUT2D eigenvalue weighted by Gasteiger charge is -1.99. The standard InChI is InChI=1S/C14H14N4O/c1-8-13(10(3)19)9(2)18(17-8)14-15-11-6-4-5-7-12(11)16-14/h4-7H,1-3H3,(H,15,16). The average molecular weight is 254 g/mol. The Hall–Kier alpha value is -2.43. The van der Waals surface area contributed by atoms with E-state index in [9.17, 15) is 4.79 Å². The molecular formula is C14H14N4O. The second-order valence-corrected chi connectivity index (χ2v) is 4.59. The molecule has 5 heteroatoms. The Labute approximate surface area is 110 Å². The normalized spacial score (nSPS) is 11.1. The minimum Gasteiger partial charge on any atom is -0.322 e. The Kier molecular flexibility index (Phi) is 2.48. The summed E-state index contributed by atoms with van der Waals surface area (Å²) in [5.41, 5.74) is 4.04. The van der Waals surface area contributed by atoms with Crippen LogP contribution < -0.4 is 0 Å². The van der Waals surface area contributed by atoms with Gasteiger partial charge in [0.25, 0.3) is 0 Å². The van der Waals surface area contributed by atoms with E-state index in [4.69, 9.17) is 0 Å². The van der Waals surface area contributed by atoms with Gasteiger partial charge in [-0.15, -0.1) is 0 Å². The van der Waals surface area contributed by atoms with Crippen LogP contribution in [0.2, 0.25) is 0 Å². The van der Waals surface area contributed by atoms with Crippen molar-refractivity contribution in [2.24, 2.45) is 0 Å². The van der Waals surface area contributed by atoms with Crippen LogP contribution in [0.15, 0.2) is 24.3 Å². The van der Waals surface area contributed by atoms with Crippen molar-refractivity contribution in [1.29, 1.82) is 0 Å². The Balaban J connectivity index is 2.22. The Morgan fingerprint density at radius 1 is 1.26 bits per heavy atom. The summed E-state index contributed by atoms with van der Waals surface area (Å²) in [5.74, 6) is 0.659. The largest absolute Gasteiger partial charge is 0.322 e. The van der Waals surface area contributed by atoms with Crippen molar-refractivity contribution < 1.29 is 4.79 Å². The summed E-state index contributed by atoms with van der Waals surface area (Å²) in [6.07, 6.45) is 0. The Morgan fingerprint density at radius 3 is 2.63 bits per heavy atom. The van der Waals surface area contributed by atoms with Gasteiger partial charge in [-0.3, -0.25) is 4.79 Å². The number of imidazole rings is 1. The number of aryl methyl sites for hydroxylation is 1. The molecule has 3 aromatic rings. The molecule has 0 unspecified atom stereocenters. The van der Waals surface area contributed by atoms with Gasteiger partial charge in [0, 0.05) is 0 Å². The number of fused-ring (bicyclic) bond motifs is 1. The fourth-order valence-electron chi connectivity index (χ4n) is 2.40. The highest BCUT2D eigenvalue weighted by Crippen LogP contribution is 2.19. The molecular weight excluding hydrogens is 240 g/mol. The van der Waals surface area contributed by atoms with Crippen LogP contribution in [0.3, 0.4) is 0 Å². The van der Waals surface area contributed by atoms with E-state index < -0.39 is 0 Å². The predicted molar refractivity (Wildman–Crippen MR) is 72.7 cm³/mol. The maximum absolute atomic E-state index is 11.6. The van der Waals surface area contributed by atoms with E-state index in [1.807, 2.05) is 38.1 Å². The quantitative estimate of drug-likeness (QED) is 0.715. The van der Waals surface area contributed by atoms with Gasteiger partial charge in [0.2, 0.25) is 5.95 Å². The zero-order valence-corrected chi connectivity index (χ0v) is 11.1. The molecule has 2 heterocycles. The molecule has 0 aliphatic heterocycles. The Morgan fingerprint density at radius 2 is 2.00 bits per heavy atom. The van der Waals surface area contributed by atoms with E-state index in [2.05, 4.69) is 15.1 Å². The summed E-state index contributed by atoms with van der Waals surface area (Å²) >= 11 is 0. The second-order valence-electron chi connectivity index (χ2n) is 4.59. The fraction of sp³-hybridized carbons (Fsp3) is 0.214. The molecule has 0 amide bonds. The van der Waals surface area contributed by atoms with E-state index >= 15 is 0 Å². The van der Waals surface area contributed by atoms with Gasteiger partial charge in [-0.05, 0) is 32.9 Å². The zero-order chi connectivity index (χ0) is 13.6. The molecule has 0 saturated heterocycles. The minimum atomic E-state index is 0.0253. The van der Waals surface area contributed by atoms with Crippen LogP contribution in [0, 0.1) is 13.8 Å². The summed E-state index contributed by atoms with van der Waals surface area (Å²) < 4.78 is 1.69. The van der Waals surface area contributed by atoms with Gasteiger partial charge in [0.05, 0.1) is 28.0 Å². The molecule has 0 atom stereocenters. The van der Waals surface area contributed by atoms with Crippen LogP contribution in [0.4, 0.5) is 0 Å². The molecule has 0 spiro atoms. The molecule has 96 valence electrons. The summed E-state index contributed by atoms with van der Waals surface area (Å²) in [6.45, 7) is 5.27. The summed E-state index contributed by atoms with van der Waals surface area (Å²) in [6, 6.07) is 7.79. The number of para-hydroxylation sites is 2. The highest BCUT2D eigenvalue weighted by molar-refractivity contribution is 5.96. The van der Waals surface area contributed by atoms with E-state index in [0.29, 0.717) is 11.5 Å². The number of carbonyl (C=O) groups is 1. The number of H-pyrrole nitrogens is 1. The van der Waals surface area contributed by atoms with E-state index in [0.717, 1.165) is 22.4 Å². The number of nitrogens with one attached hydrogen (secondary N) is 1. The first-order chi connectivity index (χ1) is 9.08. The van der Waals surface area contributed by atoms with Crippen molar-refractivity contribution in [2.75, 3.05) is 0 Å². The number of carbonyl (C=O) groups excluding carboxylic acids is 1. The summed E-state index contributed by atoms with van der Waals surface area (Å²) in [5, 5.41) is 4.40. The number of ketones is 1. The molecule has 0 aliphatic rings. The maximum Gasteiger partial charge on any atom is 0.229 e. The van der Waals surface area contributed by atoms with Crippen LogP contribution in [0.25, 0.3) is 17.0 Å². The molecule has 19 heavy (non-hydrogen) atoms. The number of nitrogens with zero attached hydrogens (tertiary/aromatic N) is 3. The van der Waals surface area contributed by atoms with Crippen LogP contribution in [0.5, 0.6) is 0 Å². The van der Waals surface area contributed by atoms with Crippen molar-refractivity contribution in [3.8, 4) is 5.95 Å². The molecule has 2 aromatic heterocycles. The van der Waals surface area contributed by atoms with Crippen LogP contribution >= 0.6 is 0 Å². The van der Waals surface area contributed by atoms with E-state index in [-0.39, 0.29) is 5.78 Å². The molecule has 0 saturated carbocycles. The third kappa shape index (κ3) is 1.74. The van der Waals surface area contributed by atoms with Gasteiger partial charge < -0.3 is 4.98 Å². The molecule has 1 aromatic carbocycles. The second kappa shape index (κ2) is 4.05. The third-order valence-corrected chi connectivity index (χ3v) is 3.22. The highest BCUT2D eigenvalue weighted by atomic mass is 16.1. The lowest BCUT2D eigenvalue weighted by Crippen LogP contribution is -2.02. The number of rotatable bonds is 2. The molecule has 0 bridgehead atoms. The topological polar surface area (TPSA) is 63.6 Å². The van der Waals surface area contributed by atoms with Crippen LogP contribution in [-0.4, -0.2) is 25.5 Å².